The Kier molecular flexibility index (Phi) is 8.19. The van der Waals surface area contributed by atoms with E-state index in [0.29, 0.717) is 6.54 Å². The van der Waals surface area contributed by atoms with Crippen LogP contribution in [0.25, 0.3) is 0 Å². The van der Waals surface area contributed by atoms with Crippen LogP contribution in [0.15, 0.2) is 24.3 Å². The number of carbonyl (C=O) groups is 1. The summed E-state index contributed by atoms with van der Waals surface area (Å²) >= 11 is 0. The molecule has 1 amide bonds. The Morgan fingerprint density at radius 1 is 1.42 bits per heavy atom. The average molecular weight is 286 g/mol. The van der Waals surface area contributed by atoms with Crippen LogP contribution in [0.5, 0.6) is 0 Å². The summed E-state index contributed by atoms with van der Waals surface area (Å²) in [5, 5.41) is 2.83. The second-order valence-corrected chi connectivity index (χ2v) is 4.45. The molecule has 1 aromatic carbocycles. The first-order chi connectivity index (χ1) is 8.56. The lowest BCUT2D eigenvalue weighted by atomic mass is 10.2. The van der Waals surface area contributed by atoms with Gasteiger partial charge < -0.3 is 16.0 Å². The monoisotopic (exact) mass is 285 g/mol. The van der Waals surface area contributed by atoms with E-state index in [1.807, 2.05) is 12.1 Å². The summed E-state index contributed by atoms with van der Waals surface area (Å²) in [5.41, 5.74) is 7.96. The normalized spacial score (nSPS) is 11.4. The molecule has 0 bridgehead atoms. The van der Waals surface area contributed by atoms with Crippen LogP contribution in [-0.2, 0) is 4.79 Å². The van der Waals surface area contributed by atoms with Gasteiger partial charge in [-0.25, -0.2) is 0 Å². The Morgan fingerprint density at radius 2 is 2.05 bits per heavy atom. The Balaban J connectivity index is 0.00000324. The van der Waals surface area contributed by atoms with Gasteiger partial charge in [-0.3, -0.25) is 4.79 Å². The summed E-state index contributed by atoms with van der Waals surface area (Å²) in [6.45, 7) is 8.22. The molecule has 0 aliphatic rings. The minimum absolute atomic E-state index is 0. The van der Waals surface area contributed by atoms with Gasteiger partial charge in [0.25, 0.3) is 0 Å². The molecule has 0 saturated heterocycles. The average Bonchev–Trinajstić information content (AvgIpc) is 2.35. The van der Waals surface area contributed by atoms with E-state index in [1.54, 1.807) is 6.92 Å². The van der Waals surface area contributed by atoms with Crippen molar-refractivity contribution >= 4 is 24.0 Å². The van der Waals surface area contributed by atoms with Crippen molar-refractivity contribution < 1.29 is 4.79 Å². The molecule has 5 heteroatoms. The number of amides is 1. The molecule has 1 aromatic rings. The lowest BCUT2D eigenvalue weighted by Gasteiger charge is -2.25. The van der Waals surface area contributed by atoms with Gasteiger partial charge in [0.1, 0.15) is 0 Å². The molecule has 19 heavy (non-hydrogen) atoms. The van der Waals surface area contributed by atoms with Crippen LogP contribution in [0, 0.1) is 6.92 Å². The van der Waals surface area contributed by atoms with Crippen molar-refractivity contribution in [3.05, 3.63) is 29.8 Å². The highest BCUT2D eigenvalue weighted by atomic mass is 35.5. The van der Waals surface area contributed by atoms with Crippen molar-refractivity contribution in [2.24, 2.45) is 5.73 Å². The van der Waals surface area contributed by atoms with Crippen molar-refractivity contribution in [1.29, 1.82) is 0 Å². The quantitative estimate of drug-likeness (QED) is 0.836. The van der Waals surface area contributed by atoms with Crippen LogP contribution in [0.2, 0.25) is 0 Å². The van der Waals surface area contributed by atoms with Crippen LogP contribution in [0.1, 0.15) is 19.4 Å². The highest BCUT2D eigenvalue weighted by molar-refractivity contribution is 5.85. The Hall–Kier alpha value is -1.26. The number of para-hydroxylation sites is 1. The molecular weight excluding hydrogens is 262 g/mol. The molecule has 0 aliphatic heterocycles. The zero-order valence-electron chi connectivity index (χ0n) is 11.8. The van der Waals surface area contributed by atoms with E-state index in [4.69, 9.17) is 5.73 Å². The second kappa shape index (κ2) is 8.77. The fourth-order valence-electron chi connectivity index (χ4n) is 1.84. The molecule has 1 rings (SSSR count). The Labute approximate surface area is 121 Å². The molecule has 0 aromatic heterocycles. The summed E-state index contributed by atoms with van der Waals surface area (Å²) in [7, 11) is 0. The van der Waals surface area contributed by atoms with Crippen LogP contribution in [0.4, 0.5) is 5.69 Å². The molecule has 0 heterocycles. The molecular formula is C14H24ClN3O. The van der Waals surface area contributed by atoms with Crippen molar-refractivity contribution in [3.8, 4) is 0 Å². The zero-order valence-corrected chi connectivity index (χ0v) is 12.7. The van der Waals surface area contributed by atoms with Gasteiger partial charge >= 0.3 is 0 Å². The largest absolute Gasteiger partial charge is 0.370 e. The van der Waals surface area contributed by atoms with E-state index in [-0.39, 0.29) is 18.3 Å². The van der Waals surface area contributed by atoms with Gasteiger partial charge in [0, 0.05) is 25.3 Å². The standard InChI is InChI=1S/C14H23N3O.ClH/c1-4-17(10-9-16-14(18)12(3)15)13-8-6-5-7-11(13)2;/h5-8,12H,4,9-10,15H2,1-3H3,(H,16,18);1H. The zero-order chi connectivity index (χ0) is 13.5. The molecule has 0 spiro atoms. The number of aryl methyl sites for hydroxylation is 1. The topological polar surface area (TPSA) is 58.4 Å². The predicted octanol–water partition coefficient (Wildman–Crippen LogP) is 1.71. The van der Waals surface area contributed by atoms with Crippen molar-refractivity contribution in [3.63, 3.8) is 0 Å². The van der Waals surface area contributed by atoms with E-state index < -0.39 is 6.04 Å². The summed E-state index contributed by atoms with van der Waals surface area (Å²) in [5.74, 6) is -0.101. The molecule has 0 fully saturated rings. The molecule has 0 saturated carbocycles. The van der Waals surface area contributed by atoms with Crippen molar-refractivity contribution in [2.75, 3.05) is 24.5 Å². The SMILES string of the molecule is CCN(CCNC(=O)C(C)N)c1ccccc1C.Cl. The van der Waals surface area contributed by atoms with Crippen LogP contribution in [-0.4, -0.2) is 31.6 Å². The van der Waals surface area contributed by atoms with Gasteiger partial charge in [-0.05, 0) is 32.4 Å². The van der Waals surface area contributed by atoms with Gasteiger partial charge in [0.15, 0.2) is 0 Å². The molecule has 1 unspecified atom stereocenters. The molecule has 0 aliphatic carbocycles. The van der Waals surface area contributed by atoms with E-state index in [2.05, 4.69) is 36.2 Å². The summed E-state index contributed by atoms with van der Waals surface area (Å²) in [6, 6.07) is 7.82. The second-order valence-electron chi connectivity index (χ2n) is 4.45. The van der Waals surface area contributed by atoms with Crippen molar-refractivity contribution in [2.45, 2.75) is 26.8 Å². The number of rotatable bonds is 6. The molecule has 1 atom stereocenters. The van der Waals surface area contributed by atoms with E-state index >= 15 is 0 Å². The number of hydrogen-bond donors (Lipinski definition) is 2. The highest BCUT2D eigenvalue weighted by Crippen LogP contribution is 2.18. The number of nitrogens with two attached hydrogens (primary N) is 1. The van der Waals surface area contributed by atoms with Gasteiger partial charge in [0.2, 0.25) is 5.91 Å². The van der Waals surface area contributed by atoms with Gasteiger partial charge in [-0.15, -0.1) is 12.4 Å². The van der Waals surface area contributed by atoms with Gasteiger partial charge in [0.05, 0.1) is 6.04 Å². The van der Waals surface area contributed by atoms with E-state index in [1.165, 1.54) is 11.3 Å². The predicted molar refractivity (Wildman–Crippen MR) is 83.0 cm³/mol. The van der Waals surface area contributed by atoms with E-state index in [9.17, 15) is 4.79 Å². The Morgan fingerprint density at radius 3 is 2.58 bits per heavy atom. The molecule has 108 valence electrons. The van der Waals surface area contributed by atoms with Crippen LogP contribution < -0.4 is 16.0 Å². The Bertz CT molecular complexity index is 396. The summed E-state index contributed by atoms with van der Waals surface area (Å²) in [6.07, 6.45) is 0. The summed E-state index contributed by atoms with van der Waals surface area (Å²) < 4.78 is 0. The third-order valence-corrected chi connectivity index (χ3v) is 2.93. The number of nitrogens with zero attached hydrogens (tertiary/aromatic N) is 1. The third-order valence-electron chi connectivity index (χ3n) is 2.93. The lowest BCUT2D eigenvalue weighted by molar-refractivity contribution is -0.121. The maximum atomic E-state index is 11.4. The van der Waals surface area contributed by atoms with Gasteiger partial charge in [-0.2, -0.15) is 0 Å². The number of anilines is 1. The number of hydrogen-bond acceptors (Lipinski definition) is 3. The third kappa shape index (κ3) is 5.49. The number of benzene rings is 1. The highest BCUT2D eigenvalue weighted by Gasteiger charge is 2.09. The minimum atomic E-state index is -0.446. The first-order valence-corrected chi connectivity index (χ1v) is 6.40. The number of halogens is 1. The number of nitrogens with one attached hydrogen (secondary N) is 1. The van der Waals surface area contributed by atoms with Gasteiger partial charge in [-0.1, -0.05) is 18.2 Å². The first kappa shape index (κ1) is 17.7. The molecule has 4 nitrogen and oxygen atoms in total. The number of carbonyl (C=O) groups excluding carboxylic acids is 1. The molecule has 0 radical (unpaired) electrons. The van der Waals surface area contributed by atoms with Crippen molar-refractivity contribution in [1.82, 2.24) is 5.32 Å². The minimum Gasteiger partial charge on any atom is -0.370 e. The number of likely N-dealkylation sites (N-methyl/N-ethyl adjacent to an activating group) is 1. The van der Waals surface area contributed by atoms with Crippen LogP contribution in [0.3, 0.4) is 0 Å². The lowest BCUT2D eigenvalue weighted by Crippen LogP contribution is -2.42. The first-order valence-electron chi connectivity index (χ1n) is 6.40. The fraction of sp³-hybridized carbons (Fsp3) is 0.500. The smallest absolute Gasteiger partial charge is 0.236 e. The fourth-order valence-corrected chi connectivity index (χ4v) is 1.84. The maximum absolute atomic E-state index is 11.4. The maximum Gasteiger partial charge on any atom is 0.236 e. The summed E-state index contributed by atoms with van der Waals surface area (Å²) in [4.78, 5) is 13.6. The molecule has 3 N–H and O–H groups in total. The van der Waals surface area contributed by atoms with E-state index in [0.717, 1.165) is 13.1 Å². The van der Waals surface area contributed by atoms with Crippen LogP contribution >= 0.6 is 12.4 Å².